The van der Waals surface area contributed by atoms with Crippen molar-refractivity contribution in [3.63, 3.8) is 0 Å². The second-order valence-electron chi connectivity index (χ2n) is 2.24. The van der Waals surface area contributed by atoms with Crippen LogP contribution in [0.15, 0.2) is 22.6 Å². The summed E-state index contributed by atoms with van der Waals surface area (Å²) in [5.41, 5.74) is 0. The van der Waals surface area contributed by atoms with Gasteiger partial charge in [-0.1, -0.05) is 6.08 Å². The quantitative estimate of drug-likeness (QED) is 0.532. The Morgan fingerprint density at radius 1 is 1.42 bits per heavy atom. The lowest BCUT2D eigenvalue weighted by Crippen LogP contribution is -1.69. The van der Waals surface area contributed by atoms with Gasteiger partial charge in [0.1, 0.15) is 5.76 Å². The molecule has 64 valence electrons. The molecule has 1 heterocycles. The zero-order valence-corrected chi connectivity index (χ0v) is 7.25. The van der Waals surface area contributed by atoms with Crippen LogP contribution in [0.4, 0.5) is 0 Å². The van der Waals surface area contributed by atoms with Crippen LogP contribution in [0, 0.1) is 0 Å². The van der Waals surface area contributed by atoms with Gasteiger partial charge in [0.25, 0.3) is 0 Å². The van der Waals surface area contributed by atoms with Crippen LogP contribution in [0.5, 0.6) is 0 Å². The molecule has 0 amide bonds. The highest BCUT2D eigenvalue weighted by Crippen LogP contribution is 2.07. The van der Waals surface area contributed by atoms with E-state index in [1.807, 2.05) is 6.08 Å². The highest BCUT2D eigenvalue weighted by atomic mass is 35.5. The van der Waals surface area contributed by atoms with E-state index in [1.165, 1.54) is 0 Å². The summed E-state index contributed by atoms with van der Waals surface area (Å²) in [4.78, 5) is 10.2. The zero-order valence-electron chi connectivity index (χ0n) is 6.50. The number of hydrogen-bond acceptors (Lipinski definition) is 2. The van der Waals surface area contributed by atoms with Crippen LogP contribution in [0.3, 0.4) is 0 Å². The summed E-state index contributed by atoms with van der Waals surface area (Å²) in [6.07, 6.45) is 5.19. The second kappa shape index (κ2) is 4.78. The Balaban J connectivity index is 2.57. The number of carbonyl (C=O) groups is 1. The summed E-state index contributed by atoms with van der Waals surface area (Å²) < 4.78 is 5.08. The first-order chi connectivity index (χ1) is 5.86. The fourth-order valence-corrected chi connectivity index (χ4v) is 0.910. The van der Waals surface area contributed by atoms with Gasteiger partial charge in [-0.25, -0.2) is 0 Å². The van der Waals surface area contributed by atoms with Gasteiger partial charge in [-0.05, 0) is 24.6 Å². The summed E-state index contributed by atoms with van der Waals surface area (Å²) in [5, 5.41) is 0. The van der Waals surface area contributed by atoms with E-state index < -0.39 is 0 Å². The third kappa shape index (κ3) is 2.55. The first-order valence-electron chi connectivity index (χ1n) is 3.64. The van der Waals surface area contributed by atoms with Crippen molar-refractivity contribution in [3.8, 4) is 0 Å². The van der Waals surface area contributed by atoms with E-state index in [2.05, 4.69) is 0 Å². The van der Waals surface area contributed by atoms with Gasteiger partial charge in [0.2, 0.25) is 0 Å². The maximum absolute atomic E-state index is 10.2. The van der Waals surface area contributed by atoms with E-state index >= 15 is 0 Å². The average Bonchev–Trinajstić information content (AvgIpc) is 2.53. The number of alkyl halides is 1. The number of hydrogen-bond donors (Lipinski definition) is 0. The van der Waals surface area contributed by atoms with Gasteiger partial charge in [0, 0.05) is 5.88 Å². The maximum atomic E-state index is 10.2. The Labute approximate surface area is 75.8 Å². The van der Waals surface area contributed by atoms with Crippen LogP contribution in [0.1, 0.15) is 22.7 Å². The van der Waals surface area contributed by atoms with Crippen molar-refractivity contribution in [2.75, 3.05) is 5.88 Å². The van der Waals surface area contributed by atoms with Crippen molar-refractivity contribution < 1.29 is 9.21 Å². The van der Waals surface area contributed by atoms with Gasteiger partial charge < -0.3 is 4.42 Å². The summed E-state index contributed by atoms with van der Waals surface area (Å²) in [6.45, 7) is 0. The normalized spacial score (nSPS) is 10.8. The highest BCUT2D eigenvalue weighted by Gasteiger charge is 1.95. The van der Waals surface area contributed by atoms with Crippen molar-refractivity contribution in [1.29, 1.82) is 0 Å². The first kappa shape index (κ1) is 9.07. The predicted octanol–water partition coefficient (Wildman–Crippen LogP) is 2.73. The largest absolute Gasteiger partial charge is 0.454 e. The Morgan fingerprint density at radius 2 is 2.17 bits per heavy atom. The average molecular weight is 185 g/mol. The monoisotopic (exact) mass is 184 g/mol. The Bertz CT molecular complexity index is 276. The van der Waals surface area contributed by atoms with Gasteiger partial charge in [-0.3, -0.25) is 4.79 Å². The van der Waals surface area contributed by atoms with E-state index in [9.17, 15) is 4.79 Å². The molecular weight excluding hydrogens is 176 g/mol. The SMILES string of the molecule is O=Cc1ccc(C=CCCCl)o1. The van der Waals surface area contributed by atoms with Gasteiger partial charge in [-0.2, -0.15) is 0 Å². The first-order valence-corrected chi connectivity index (χ1v) is 4.18. The number of furan rings is 1. The molecule has 1 aromatic rings. The number of carbonyl (C=O) groups excluding carboxylic acids is 1. The third-order valence-corrected chi connectivity index (χ3v) is 1.54. The molecule has 12 heavy (non-hydrogen) atoms. The minimum absolute atomic E-state index is 0.348. The zero-order chi connectivity index (χ0) is 8.81. The molecule has 0 saturated heterocycles. The molecule has 0 atom stereocenters. The molecule has 1 aromatic heterocycles. The highest BCUT2D eigenvalue weighted by molar-refractivity contribution is 6.17. The van der Waals surface area contributed by atoms with Gasteiger partial charge in [-0.15, -0.1) is 11.6 Å². The van der Waals surface area contributed by atoms with Crippen LogP contribution >= 0.6 is 11.6 Å². The third-order valence-electron chi connectivity index (χ3n) is 1.32. The minimum Gasteiger partial charge on any atom is -0.454 e. The van der Waals surface area contributed by atoms with Crippen molar-refractivity contribution in [1.82, 2.24) is 0 Å². The van der Waals surface area contributed by atoms with E-state index in [-0.39, 0.29) is 0 Å². The Kier molecular flexibility index (Phi) is 3.61. The molecule has 2 nitrogen and oxygen atoms in total. The van der Waals surface area contributed by atoms with Gasteiger partial charge in [0.15, 0.2) is 12.0 Å². The molecule has 0 saturated carbocycles. The molecule has 3 heteroatoms. The fraction of sp³-hybridized carbons (Fsp3) is 0.222. The van der Waals surface area contributed by atoms with Crippen molar-refractivity contribution in [2.45, 2.75) is 6.42 Å². The van der Waals surface area contributed by atoms with Crippen molar-refractivity contribution in [2.24, 2.45) is 0 Å². The molecule has 0 unspecified atom stereocenters. The van der Waals surface area contributed by atoms with E-state index in [4.69, 9.17) is 16.0 Å². The lowest BCUT2D eigenvalue weighted by atomic mass is 10.3. The smallest absolute Gasteiger partial charge is 0.185 e. The van der Waals surface area contributed by atoms with Gasteiger partial charge >= 0.3 is 0 Å². The molecule has 0 N–H and O–H groups in total. The number of aldehydes is 1. The molecule has 0 radical (unpaired) electrons. The molecule has 0 aliphatic heterocycles. The van der Waals surface area contributed by atoms with Crippen LogP contribution in [-0.4, -0.2) is 12.2 Å². The lowest BCUT2D eigenvalue weighted by Gasteiger charge is -1.83. The molecule has 1 rings (SSSR count). The molecule has 0 aliphatic carbocycles. The number of allylic oxidation sites excluding steroid dienone is 1. The predicted molar refractivity (Wildman–Crippen MR) is 48.5 cm³/mol. The van der Waals surface area contributed by atoms with Crippen LogP contribution in [0.25, 0.3) is 6.08 Å². The summed E-state index contributed by atoms with van der Waals surface area (Å²) in [6, 6.07) is 3.38. The van der Waals surface area contributed by atoms with Crippen LogP contribution in [0.2, 0.25) is 0 Å². The molecular formula is C9H9ClO2. The van der Waals surface area contributed by atoms with Crippen molar-refractivity contribution >= 4 is 24.0 Å². The number of halogens is 1. The van der Waals surface area contributed by atoms with E-state index in [1.54, 1.807) is 18.2 Å². The summed E-state index contributed by atoms with van der Waals surface area (Å²) in [5.74, 6) is 1.63. The summed E-state index contributed by atoms with van der Waals surface area (Å²) in [7, 11) is 0. The Morgan fingerprint density at radius 3 is 2.75 bits per heavy atom. The summed E-state index contributed by atoms with van der Waals surface area (Å²) >= 11 is 5.46. The van der Waals surface area contributed by atoms with Crippen LogP contribution in [-0.2, 0) is 0 Å². The second-order valence-corrected chi connectivity index (χ2v) is 2.62. The molecule has 0 aliphatic rings. The van der Waals surface area contributed by atoms with Crippen molar-refractivity contribution in [3.05, 3.63) is 29.7 Å². The van der Waals surface area contributed by atoms with E-state index in [0.717, 1.165) is 6.42 Å². The van der Waals surface area contributed by atoms with Crippen LogP contribution < -0.4 is 0 Å². The maximum Gasteiger partial charge on any atom is 0.185 e. The molecule has 0 aromatic carbocycles. The standard InChI is InChI=1S/C9H9ClO2/c10-6-2-1-3-8-4-5-9(7-11)12-8/h1,3-5,7H,2,6H2. The minimum atomic E-state index is 0.348. The fourth-order valence-electron chi connectivity index (χ4n) is 0.784. The molecule has 0 fully saturated rings. The van der Waals surface area contributed by atoms with Gasteiger partial charge in [0.05, 0.1) is 0 Å². The molecule has 0 spiro atoms. The molecule has 0 bridgehead atoms. The lowest BCUT2D eigenvalue weighted by molar-refractivity contribution is 0.110. The van der Waals surface area contributed by atoms with E-state index in [0.29, 0.717) is 23.7 Å². The topological polar surface area (TPSA) is 30.2 Å². The number of rotatable bonds is 4. The Hall–Kier alpha value is -1.02.